The van der Waals surface area contributed by atoms with Gasteiger partial charge in [-0.1, -0.05) is 0 Å². The number of sulfone groups is 1. The van der Waals surface area contributed by atoms with Crippen LogP contribution in [0.4, 0.5) is 4.39 Å². The van der Waals surface area contributed by atoms with Crippen LogP contribution in [0.2, 0.25) is 0 Å². The predicted octanol–water partition coefficient (Wildman–Crippen LogP) is 0.498. The van der Waals surface area contributed by atoms with Gasteiger partial charge in [0.05, 0.1) is 11.5 Å². The molecule has 0 aromatic carbocycles. The number of alkyl halides is 1. The van der Waals surface area contributed by atoms with Gasteiger partial charge in [-0.3, -0.25) is 0 Å². The zero-order valence-electron chi connectivity index (χ0n) is 7.58. The molecule has 1 unspecified atom stereocenters. The van der Waals surface area contributed by atoms with E-state index >= 15 is 0 Å². The van der Waals surface area contributed by atoms with Crippen molar-refractivity contribution in [1.82, 2.24) is 0 Å². The smallest absolute Gasteiger partial charge is 0.150 e. The number of hydrogen-bond acceptors (Lipinski definition) is 3. The first kappa shape index (κ1) is 10.9. The maximum atomic E-state index is 12.8. The fourth-order valence-corrected chi connectivity index (χ4v) is 3.22. The van der Waals surface area contributed by atoms with Crippen LogP contribution >= 0.6 is 0 Å². The summed E-state index contributed by atoms with van der Waals surface area (Å²) in [4.78, 5) is 0. The van der Waals surface area contributed by atoms with Crippen molar-refractivity contribution in [2.24, 2.45) is 11.7 Å². The Bertz CT molecular complexity index is 239. The van der Waals surface area contributed by atoms with Gasteiger partial charge in [0.1, 0.15) is 16.0 Å². The molecule has 2 N–H and O–H groups in total. The fourth-order valence-electron chi connectivity index (χ4n) is 1.63. The second-order valence-electron chi connectivity index (χ2n) is 3.66. The molecule has 1 fully saturated rings. The lowest BCUT2D eigenvalue weighted by Crippen LogP contribution is -2.27. The van der Waals surface area contributed by atoms with Crippen LogP contribution in [-0.4, -0.2) is 32.6 Å². The number of rotatable bonds is 3. The van der Waals surface area contributed by atoms with Crippen molar-refractivity contribution in [3.8, 4) is 0 Å². The van der Waals surface area contributed by atoms with Gasteiger partial charge in [-0.25, -0.2) is 12.8 Å². The van der Waals surface area contributed by atoms with Gasteiger partial charge in [0.15, 0.2) is 0 Å². The van der Waals surface area contributed by atoms with Gasteiger partial charge >= 0.3 is 0 Å². The van der Waals surface area contributed by atoms with Crippen LogP contribution in [0.15, 0.2) is 0 Å². The molecule has 1 aliphatic rings. The summed E-state index contributed by atoms with van der Waals surface area (Å²) in [5.41, 5.74) is 5.15. The highest BCUT2D eigenvalue weighted by atomic mass is 32.2. The lowest BCUT2D eigenvalue weighted by molar-refractivity contribution is 0.263. The first-order valence-electron chi connectivity index (χ1n) is 4.58. The van der Waals surface area contributed by atoms with E-state index in [1.807, 2.05) is 0 Å². The highest BCUT2D eigenvalue weighted by Gasteiger charge is 2.25. The Balaban J connectivity index is 2.33. The zero-order valence-corrected chi connectivity index (χ0v) is 8.39. The molecule has 0 aliphatic carbocycles. The second-order valence-corrected chi connectivity index (χ2v) is 5.97. The molecule has 1 heterocycles. The Morgan fingerprint density at radius 1 is 1.38 bits per heavy atom. The molecular formula is C8H16FNO2S. The maximum absolute atomic E-state index is 12.8. The van der Waals surface area contributed by atoms with Crippen molar-refractivity contribution >= 4 is 9.84 Å². The minimum Gasteiger partial charge on any atom is -0.328 e. The molecule has 3 nitrogen and oxygen atoms in total. The predicted molar refractivity (Wildman–Crippen MR) is 49.9 cm³/mol. The van der Waals surface area contributed by atoms with Gasteiger partial charge in [-0.15, -0.1) is 0 Å². The Morgan fingerprint density at radius 2 is 1.92 bits per heavy atom. The van der Waals surface area contributed by atoms with E-state index in [0.717, 1.165) is 0 Å². The molecule has 78 valence electrons. The van der Waals surface area contributed by atoms with Gasteiger partial charge in [0, 0.05) is 6.54 Å². The highest BCUT2D eigenvalue weighted by Crippen LogP contribution is 2.23. The molecule has 0 bridgehead atoms. The second kappa shape index (κ2) is 4.37. The van der Waals surface area contributed by atoms with E-state index in [4.69, 9.17) is 5.73 Å². The molecule has 1 saturated heterocycles. The standard InChI is InChI=1S/C8H16FNO2S/c9-8(6-10)5-7-1-3-13(11,12)4-2-7/h7-8H,1-6,10H2. The average molecular weight is 209 g/mol. The molecule has 5 heteroatoms. The van der Waals surface area contributed by atoms with E-state index in [1.165, 1.54) is 0 Å². The third-order valence-corrected chi connectivity index (χ3v) is 4.23. The number of nitrogens with two attached hydrogens (primary N) is 1. The van der Waals surface area contributed by atoms with Crippen LogP contribution in [0.5, 0.6) is 0 Å². The van der Waals surface area contributed by atoms with E-state index in [-0.39, 0.29) is 24.0 Å². The summed E-state index contributed by atoms with van der Waals surface area (Å²) in [6.45, 7) is 0.0449. The normalized spacial score (nSPS) is 25.7. The van der Waals surface area contributed by atoms with Gasteiger partial charge in [0.2, 0.25) is 0 Å². The van der Waals surface area contributed by atoms with Crippen LogP contribution in [-0.2, 0) is 9.84 Å². The molecule has 1 atom stereocenters. The first-order chi connectivity index (χ1) is 6.03. The van der Waals surface area contributed by atoms with Crippen molar-refractivity contribution in [2.75, 3.05) is 18.1 Å². The lowest BCUT2D eigenvalue weighted by Gasteiger charge is -2.22. The van der Waals surface area contributed by atoms with Gasteiger partial charge in [-0.05, 0) is 25.2 Å². The number of hydrogen-bond donors (Lipinski definition) is 1. The topological polar surface area (TPSA) is 60.2 Å². The van der Waals surface area contributed by atoms with E-state index in [1.54, 1.807) is 0 Å². The van der Waals surface area contributed by atoms with Crippen molar-refractivity contribution in [3.63, 3.8) is 0 Å². The van der Waals surface area contributed by atoms with Crippen molar-refractivity contribution in [2.45, 2.75) is 25.4 Å². The molecule has 13 heavy (non-hydrogen) atoms. The number of halogens is 1. The monoisotopic (exact) mass is 209 g/mol. The molecule has 1 aliphatic heterocycles. The third kappa shape index (κ3) is 3.60. The SMILES string of the molecule is NCC(F)CC1CCS(=O)(=O)CC1. The molecule has 1 rings (SSSR count). The van der Waals surface area contributed by atoms with E-state index < -0.39 is 16.0 Å². The summed E-state index contributed by atoms with van der Waals surface area (Å²) >= 11 is 0. The van der Waals surface area contributed by atoms with Crippen LogP contribution in [0, 0.1) is 5.92 Å². The minimum atomic E-state index is -2.81. The average Bonchev–Trinajstić information content (AvgIpc) is 2.08. The van der Waals surface area contributed by atoms with E-state index in [9.17, 15) is 12.8 Å². The van der Waals surface area contributed by atoms with Crippen LogP contribution in [0.1, 0.15) is 19.3 Å². The van der Waals surface area contributed by atoms with E-state index in [0.29, 0.717) is 19.3 Å². The Kier molecular flexibility index (Phi) is 3.67. The Morgan fingerprint density at radius 3 is 2.38 bits per heavy atom. The van der Waals surface area contributed by atoms with Crippen molar-refractivity contribution in [1.29, 1.82) is 0 Å². The molecule has 0 saturated carbocycles. The van der Waals surface area contributed by atoms with Crippen molar-refractivity contribution in [3.05, 3.63) is 0 Å². The summed E-state index contributed by atoms with van der Waals surface area (Å²) in [6, 6.07) is 0. The van der Waals surface area contributed by atoms with Gasteiger partial charge in [-0.2, -0.15) is 0 Å². The van der Waals surface area contributed by atoms with Crippen molar-refractivity contribution < 1.29 is 12.8 Å². The van der Waals surface area contributed by atoms with Crippen LogP contribution < -0.4 is 5.73 Å². The summed E-state index contributed by atoms with van der Waals surface area (Å²) in [5, 5.41) is 0. The molecule has 0 amide bonds. The third-order valence-electron chi connectivity index (χ3n) is 2.52. The van der Waals surface area contributed by atoms with Gasteiger partial charge in [0.25, 0.3) is 0 Å². The van der Waals surface area contributed by atoms with Crippen LogP contribution in [0.25, 0.3) is 0 Å². The first-order valence-corrected chi connectivity index (χ1v) is 6.40. The zero-order chi connectivity index (χ0) is 9.90. The van der Waals surface area contributed by atoms with Gasteiger partial charge < -0.3 is 5.73 Å². The molecular weight excluding hydrogens is 193 g/mol. The molecule has 0 aromatic rings. The Hall–Kier alpha value is -0.160. The minimum absolute atomic E-state index is 0.0449. The molecule has 0 radical (unpaired) electrons. The summed E-state index contributed by atoms with van der Waals surface area (Å²) < 4.78 is 34.9. The maximum Gasteiger partial charge on any atom is 0.150 e. The lowest BCUT2D eigenvalue weighted by atomic mass is 9.96. The summed E-state index contributed by atoms with van der Waals surface area (Å²) in [7, 11) is -2.81. The largest absolute Gasteiger partial charge is 0.328 e. The Labute approximate surface area is 78.4 Å². The summed E-state index contributed by atoms with van der Waals surface area (Å²) in [6.07, 6.45) is 0.656. The van der Waals surface area contributed by atoms with Crippen LogP contribution in [0.3, 0.4) is 0 Å². The van der Waals surface area contributed by atoms with E-state index in [2.05, 4.69) is 0 Å². The fraction of sp³-hybridized carbons (Fsp3) is 1.00. The quantitative estimate of drug-likeness (QED) is 0.736. The molecule has 0 spiro atoms. The molecule has 0 aromatic heterocycles. The summed E-state index contributed by atoms with van der Waals surface area (Å²) in [5.74, 6) is 0.645. The highest BCUT2D eigenvalue weighted by molar-refractivity contribution is 7.91.